The number of nitrogens with zero attached hydrogens (tertiary/aromatic N) is 1. The Bertz CT molecular complexity index is 382. The predicted molar refractivity (Wildman–Crippen MR) is 68.4 cm³/mol. The lowest BCUT2D eigenvalue weighted by Gasteiger charge is -2.10. The molecular formula is C11H14Cl2N2O2. The van der Waals surface area contributed by atoms with Gasteiger partial charge in [0.05, 0.1) is 18.4 Å². The molecular weight excluding hydrogens is 263 g/mol. The van der Waals surface area contributed by atoms with Crippen molar-refractivity contribution in [3.8, 4) is 5.75 Å². The molecule has 6 heteroatoms. The van der Waals surface area contributed by atoms with Crippen LogP contribution < -0.4 is 10.1 Å². The molecule has 1 saturated heterocycles. The second-order valence-electron chi connectivity index (χ2n) is 3.84. The van der Waals surface area contributed by atoms with Crippen LogP contribution in [0.25, 0.3) is 0 Å². The molecule has 2 rings (SSSR count). The lowest BCUT2D eigenvalue weighted by molar-refractivity contribution is 0.112. The number of rotatable bonds is 4. The van der Waals surface area contributed by atoms with Crippen LogP contribution in [0.5, 0.6) is 5.75 Å². The van der Waals surface area contributed by atoms with Crippen molar-refractivity contribution in [2.75, 3.05) is 19.7 Å². The molecule has 0 aliphatic carbocycles. The zero-order chi connectivity index (χ0) is 11.4. The summed E-state index contributed by atoms with van der Waals surface area (Å²) in [6.07, 6.45) is 3.35. The fraction of sp³-hybridized carbons (Fsp3) is 0.455. The standard InChI is InChI=1S/C11H13ClN2O2.ClH/c12-11-9(6-15)3-10(5-14-11)16-7-8-1-2-13-4-8;/h3,5-6,8,13H,1-2,4,7H2;1H/t8-;/m0./s1. The van der Waals surface area contributed by atoms with E-state index < -0.39 is 0 Å². The van der Waals surface area contributed by atoms with Crippen molar-refractivity contribution >= 4 is 30.3 Å². The number of hydrogen-bond acceptors (Lipinski definition) is 4. The maximum Gasteiger partial charge on any atom is 0.153 e. The second kappa shape index (κ2) is 6.79. The summed E-state index contributed by atoms with van der Waals surface area (Å²) < 4.78 is 5.57. The van der Waals surface area contributed by atoms with Crippen LogP contribution in [0.1, 0.15) is 16.8 Å². The van der Waals surface area contributed by atoms with E-state index in [1.165, 1.54) is 6.20 Å². The minimum absolute atomic E-state index is 0. The third-order valence-corrected chi connectivity index (χ3v) is 2.93. The number of carbonyl (C=O) groups excluding carboxylic acids is 1. The highest BCUT2D eigenvalue weighted by molar-refractivity contribution is 6.31. The van der Waals surface area contributed by atoms with E-state index in [0.717, 1.165) is 19.5 Å². The van der Waals surface area contributed by atoms with Gasteiger partial charge in [-0.2, -0.15) is 0 Å². The Morgan fingerprint density at radius 1 is 1.65 bits per heavy atom. The highest BCUT2D eigenvalue weighted by atomic mass is 35.5. The summed E-state index contributed by atoms with van der Waals surface area (Å²) in [5, 5.41) is 3.48. The van der Waals surface area contributed by atoms with E-state index in [-0.39, 0.29) is 17.6 Å². The zero-order valence-electron chi connectivity index (χ0n) is 9.19. The summed E-state index contributed by atoms with van der Waals surface area (Å²) in [6, 6.07) is 1.62. The largest absolute Gasteiger partial charge is 0.492 e. The van der Waals surface area contributed by atoms with Crippen LogP contribution in [0.4, 0.5) is 0 Å². The smallest absolute Gasteiger partial charge is 0.153 e. The Morgan fingerprint density at radius 3 is 3.12 bits per heavy atom. The molecule has 0 unspecified atom stereocenters. The third-order valence-electron chi connectivity index (χ3n) is 2.62. The molecule has 2 heterocycles. The van der Waals surface area contributed by atoms with Gasteiger partial charge in [0.15, 0.2) is 6.29 Å². The van der Waals surface area contributed by atoms with Gasteiger partial charge in [0.25, 0.3) is 0 Å². The van der Waals surface area contributed by atoms with Crippen LogP contribution in [-0.2, 0) is 0 Å². The molecule has 1 aliphatic heterocycles. The molecule has 17 heavy (non-hydrogen) atoms. The van der Waals surface area contributed by atoms with Crippen molar-refractivity contribution in [1.82, 2.24) is 10.3 Å². The Morgan fingerprint density at radius 2 is 2.47 bits per heavy atom. The van der Waals surface area contributed by atoms with E-state index in [4.69, 9.17) is 16.3 Å². The molecule has 1 atom stereocenters. The van der Waals surface area contributed by atoms with Crippen molar-refractivity contribution in [1.29, 1.82) is 0 Å². The molecule has 1 aliphatic rings. The van der Waals surface area contributed by atoms with Gasteiger partial charge in [0, 0.05) is 12.5 Å². The topological polar surface area (TPSA) is 51.2 Å². The predicted octanol–water partition coefficient (Wildman–Crippen LogP) is 1.96. The van der Waals surface area contributed by atoms with Crippen molar-refractivity contribution in [2.45, 2.75) is 6.42 Å². The molecule has 4 nitrogen and oxygen atoms in total. The Kier molecular flexibility index (Phi) is 5.68. The quantitative estimate of drug-likeness (QED) is 0.675. The molecule has 0 radical (unpaired) electrons. The lowest BCUT2D eigenvalue weighted by atomic mass is 10.1. The lowest BCUT2D eigenvalue weighted by Crippen LogP contribution is -2.15. The van der Waals surface area contributed by atoms with Crippen LogP contribution in [0.15, 0.2) is 12.3 Å². The molecule has 1 fully saturated rings. The molecule has 1 aromatic rings. The van der Waals surface area contributed by atoms with E-state index in [2.05, 4.69) is 10.3 Å². The average Bonchev–Trinajstić information content (AvgIpc) is 2.81. The molecule has 0 bridgehead atoms. The SMILES string of the molecule is Cl.O=Cc1cc(OC[C@H]2CCNC2)cnc1Cl. The van der Waals surface area contributed by atoms with Gasteiger partial charge in [-0.05, 0) is 19.0 Å². The monoisotopic (exact) mass is 276 g/mol. The third kappa shape index (κ3) is 3.84. The van der Waals surface area contributed by atoms with Crippen molar-refractivity contribution in [2.24, 2.45) is 5.92 Å². The van der Waals surface area contributed by atoms with Gasteiger partial charge in [-0.1, -0.05) is 11.6 Å². The first-order valence-electron chi connectivity index (χ1n) is 5.24. The Balaban J connectivity index is 0.00000144. The summed E-state index contributed by atoms with van der Waals surface area (Å²) in [4.78, 5) is 14.5. The molecule has 0 spiro atoms. The minimum Gasteiger partial charge on any atom is -0.492 e. The first-order chi connectivity index (χ1) is 7.79. The van der Waals surface area contributed by atoms with E-state index >= 15 is 0 Å². The summed E-state index contributed by atoms with van der Waals surface area (Å²) in [5.41, 5.74) is 0.365. The highest BCUT2D eigenvalue weighted by Crippen LogP contribution is 2.18. The summed E-state index contributed by atoms with van der Waals surface area (Å²) in [7, 11) is 0. The number of aldehydes is 1. The van der Waals surface area contributed by atoms with Crippen molar-refractivity contribution in [3.05, 3.63) is 23.0 Å². The zero-order valence-corrected chi connectivity index (χ0v) is 10.8. The summed E-state index contributed by atoms with van der Waals surface area (Å²) in [5.74, 6) is 1.13. The summed E-state index contributed by atoms with van der Waals surface area (Å²) in [6.45, 7) is 2.68. The molecule has 0 amide bonds. The fourth-order valence-corrected chi connectivity index (χ4v) is 1.83. The second-order valence-corrected chi connectivity index (χ2v) is 4.20. The van der Waals surface area contributed by atoms with Gasteiger partial charge >= 0.3 is 0 Å². The fourth-order valence-electron chi connectivity index (χ4n) is 1.68. The average molecular weight is 277 g/mol. The van der Waals surface area contributed by atoms with Crippen LogP contribution in [0.3, 0.4) is 0 Å². The molecule has 1 aromatic heterocycles. The van der Waals surface area contributed by atoms with E-state index in [9.17, 15) is 4.79 Å². The maximum atomic E-state index is 10.7. The molecule has 1 N–H and O–H groups in total. The molecule has 0 saturated carbocycles. The van der Waals surface area contributed by atoms with Crippen molar-refractivity contribution in [3.63, 3.8) is 0 Å². The normalized spacial score (nSPS) is 18.5. The van der Waals surface area contributed by atoms with E-state index in [0.29, 0.717) is 30.1 Å². The number of nitrogens with one attached hydrogen (secondary N) is 1. The minimum atomic E-state index is 0. The van der Waals surface area contributed by atoms with Crippen molar-refractivity contribution < 1.29 is 9.53 Å². The first kappa shape index (κ1) is 14.2. The van der Waals surface area contributed by atoms with Crippen LogP contribution in [-0.4, -0.2) is 31.0 Å². The van der Waals surface area contributed by atoms with Gasteiger partial charge in [0.1, 0.15) is 10.9 Å². The van der Waals surface area contributed by atoms with Gasteiger partial charge in [-0.15, -0.1) is 12.4 Å². The number of aromatic nitrogens is 1. The number of pyridine rings is 1. The number of hydrogen-bond donors (Lipinski definition) is 1. The first-order valence-corrected chi connectivity index (χ1v) is 5.61. The summed E-state index contributed by atoms with van der Waals surface area (Å²) >= 11 is 5.72. The maximum absolute atomic E-state index is 10.7. The van der Waals surface area contributed by atoms with Gasteiger partial charge in [-0.3, -0.25) is 4.79 Å². The Labute approximate surface area is 111 Å². The number of halogens is 2. The van der Waals surface area contributed by atoms with Crippen LogP contribution >= 0.6 is 24.0 Å². The van der Waals surface area contributed by atoms with Gasteiger partial charge in [-0.25, -0.2) is 4.98 Å². The van der Waals surface area contributed by atoms with Gasteiger partial charge < -0.3 is 10.1 Å². The van der Waals surface area contributed by atoms with Crippen LogP contribution in [0.2, 0.25) is 5.15 Å². The highest BCUT2D eigenvalue weighted by Gasteiger charge is 2.15. The molecule has 94 valence electrons. The van der Waals surface area contributed by atoms with Crippen LogP contribution in [0, 0.1) is 5.92 Å². The number of ether oxygens (including phenoxy) is 1. The van der Waals surface area contributed by atoms with Gasteiger partial charge in [0.2, 0.25) is 0 Å². The van der Waals surface area contributed by atoms with E-state index in [1.807, 2.05) is 0 Å². The molecule has 0 aromatic carbocycles. The van der Waals surface area contributed by atoms with E-state index in [1.54, 1.807) is 6.07 Å². The number of carbonyl (C=O) groups is 1. The Hall–Kier alpha value is -0.840.